The van der Waals surface area contributed by atoms with E-state index in [1.165, 1.54) is 5.69 Å². The number of nitrogens with zero attached hydrogens (tertiary/aromatic N) is 3. The molecule has 5 nitrogen and oxygen atoms in total. The number of ether oxygens (including phenoxy) is 2. The van der Waals surface area contributed by atoms with E-state index in [1.807, 2.05) is 24.4 Å². The van der Waals surface area contributed by atoms with Crippen LogP contribution in [0.4, 0.5) is 0 Å². The highest BCUT2D eigenvalue weighted by Crippen LogP contribution is 2.22. The molecular formula is C19H25N3O2. The van der Waals surface area contributed by atoms with E-state index in [9.17, 15) is 0 Å². The largest absolute Gasteiger partial charge is 0.381 e. The summed E-state index contributed by atoms with van der Waals surface area (Å²) in [7, 11) is 0. The first-order valence-electron chi connectivity index (χ1n) is 8.86. The Labute approximate surface area is 143 Å². The van der Waals surface area contributed by atoms with Crippen molar-refractivity contribution >= 4 is 0 Å². The highest BCUT2D eigenvalue weighted by molar-refractivity contribution is 5.09. The Balaban J connectivity index is 1.46. The van der Waals surface area contributed by atoms with Crippen molar-refractivity contribution in [1.29, 1.82) is 0 Å². The third-order valence-electron chi connectivity index (χ3n) is 5.03. The monoisotopic (exact) mass is 327 g/mol. The van der Waals surface area contributed by atoms with Crippen LogP contribution in [0.2, 0.25) is 0 Å². The van der Waals surface area contributed by atoms with Gasteiger partial charge in [0.25, 0.3) is 0 Å². The minimum atomic E-state index is 0.184. The lowest BCUT2D eigenvalue weighted by atomic mass is 10.1. The standard InChI is InChI=1S/C19H25N3O2/c1-2-8-20-16(4-1)15-24-19-13-21-9-3-5-18(21)12-22(14-19)17-6-10-23-11-7-17/h1-5,8-9,17,19H,6-7,10-15H2/t19-/m1/s1. The van der Waals surface area contributed by atoms with Gasteiger partial charge in [-0.3, -0.25) is 9.88 Å². The van der Waals surface area contributed by atoms with Gasteiger partial charge in [0, 0.05) is 57.0 Å². The Morgan fingerprint density at radius 3 is 2.88 bits per heavy atom. The summed E-state index contributed by atoms with van der Waals surface area (Å²) in [5, 5.41) is 0. The van der Waals surface area contributed by atoms with E-state index >= 15 is 0 Å². The lowest BCUT2D eigenvalue weighted by Crippen LogP contribution is -2.42. The van der Waals surface area contributed by atoms with Crippen molar-refractivity contribution < 1.29 is 9.47 Å². The van der Waals surface area contributed by atoms with Crippen molar-refractivity contribution in [3.63, 3.8) is 0 Å². The average Bonchev–Trinajstić information content (AvgIpc) is 2.99. The molecule has 0 radical (unpaired) electrons. The molecule has 0 aromatic carbocycles. The number of hydrogen-bond donors (Lipinski definition) is 0. The second-order valence-electron chi connectivity index (χ2n) is 6.68. The summed E-state index contributed by atoms with van der Waals surface area (Å²) < 4.78 is 14.1. The van der Waals surface area contributed by atoms with E-state index in [-0.39, 0.29) is 6.10 Å². The quantitative estimate of drug-likeness (QED) is 0.865. The molecule has 24 heavy (non-hydrogen) atoms. The predicted octanol–water partition coefficient (Wildman–Crippen LogP) is 2.46. The van der Waals surface area contributed by atoms with Gasteiger partial charge < -0.3 is 14.0 Å². The van der Waals surface area contributed by atoms with Crippen LogP contribution in [0.5, 0.6) is 0 Å². The van der Waals surface area contributed by atoms with E-state index < -0.39 is 0 Å². The summed E-state index contributed by atoms with van der Waals surface area (Å²) in [6.45, 7) is 5.21. The van der Waals surface area contributed by atoms with Gasteiger partial charge in [-0.2, -0.15) is 0 Å². The molecule has 1 fully saturated rings. The molecule has 0 N–H and O–H groups in total. The Bertz CT molecular complexity index is 637. The first-order chi connectivity index (χ1) is 11.9. The molecule has 0 amide bonds. The van der Waals surface area contributed by atoms with Crippen LogP contribution in [0.15, 0.2) is 42.7 Å². The molecule has 2 aromatic heterocycles. The Morgan fingerprint density at radius 1 is 1.12 bits per heavy atom. The molecule has 0 saturated carbocycles. The number of fused-ring (bicyclic) bond motifs is 1. The van der Waals surface area contributed by atoms with Crippen molar-refractivity contribution in [2.24, 2.45) is 0 Å². The summed E-state index contributed by atoms with van der Waals surface area (Å²) in [6, 6.07) is 10.9. The van der Waals surface area contributed by atoms with Crippen LogP contribution >= 0.6 is 0 Å². The van der Waals surface area contributed by atoms with Crippen molar-refractivity contribution in [3.05, 3.63) is 54.1 Å². The molecule has 0 bridgehead atoms. The minimum Gasteiger partial charge on any atom is -0.381 e. The van der Waals surface area contributed by atoms with Crippen LogP contribution < -0.4 is 0 Å². The fourth-order valence-corrected chi connectivity index (χ4v) is 3.70. The molecule has 4 rings (SSSR count). The van der Waals surface area contributed by atoms with Crippen LogP contribution in [-0.4, -0.2) is 46.4 Å². The highest BCUT2D eigenvalue weighted by Gasteiger charge is 2.28. The van der Waals surface area contributed by atoms with E-state index in [2.05, 4.69) is 32.8 Å². The molecule has 5 heteroatoms. The zero-order valence-corrected chi connectivity index (χ0v) is 14.0. The zero-order valence-electron chi connectivity index (χ0n) is 14.0. The van der Waals surface area contributed by atoms with Crippen LogP contribution in [0.3, 0.4) is 0 Å². The topological polar surface area (TPSA) is 39.5 Å². The minimum absolute atomic E-state index is 0.184. The summed E-state index contributed by atoms with van der Waals surface area (Å²) >= 11 is 0. The molecule has 128 valence electrons. The number of aromatic nitrogens is 2. The summed E-state index contributed by atoms with van der Waals surface area (Å²) in [4.78, 5) is 6.96. The molecule has 2 aliphatic heterocycles. The molecule has 2 aromatic rings. The van der Waals surface area contributed by atoms with Gasteiger partial charge in [0.05, 0.1) is 18.4 Å². The first-order valence-corrected chi connectivity index (χ1v) is 8.86. The maximum Gasteiger partial charge on any atom is 0.0893 e. The van der Waals surface area contributed by atoms with Gasteiger partial charge in [-0.1, -0.05) is 6.07 Å². The van der Waals surface area contributed by atoms with Gasteiger partial charge in [-0.25, -0.2) is 0 Å². The van der Waals surface area contributed by atoms with Crippen molar-refractivity contribution in [1.82, 2.24) is 14.5 Å². The third-order valence-corrected chi connectivity index (χ3v) is 5.03. The van der Waals surface area contributed by atoms with Crippen LogP contribution in [-0.2, 0) is 29.2 Å². The molecule has 1 saturated heterocycles. The zero-order chi connectivity index (χ0) is 16.2. The Morgan fingerprint density at radius 2 is 2.04 bits per heavy atom. The maximum absolute atomic E-state index is 6.24. The number of pyridine rings is 1. The van der Waals surface area contributed by atoms with E-state index in [0.717, 1.165) is 51.4 Å². The van der Waals surface area contributed by atoms with Crippen molar-refractivity contribution in [2.75, 3.05) is 19.8 Å². The van der Waals surface area contributed by atoms with Gasteiger partial charge in [0.15, 0.2) is 0 Å². The van der Waals surface area contributed by atoms with Gasteiger partial charge in [0.2, 0.25) is 0 Å². The number of hydrogen-bond acceptors (Lipinski definition) is 4. The Kier molecular flexibility index (Phi) is 4.92. The normalized spacial score (nSPS) is 22.9. The molecule has 2 aliphatic rings. The van der Waals surface area contributed by atoms with E-state index in [1.54, 1.807) is 0 Å². The fourth-order valence-electron chi connectivity index (χ4n) is 3.70. The Hall–Kier alpha value is -1.69. The van der Waals surface area contributed by atoms with Crippen LogP contribution in [0, 0.1) is 0 Å². The molecule has 0 unspecified atom stereocenters. The number of rotatable bonds is 4. The molecule has 0 spiro atoms. The third kappa shape index (κ3) is 3.69. The van der Waals surface area contributed by atoms with Crippen LogP contribution in [0.1, 0.15) is 24.2 Å². The molecular weight excluding hydrogens is 302 g/mol. The summed E-state index contributed by atoms with van der Waals surface area (Å²) in [5.41, 5.74) is 2.37. The second kappa shape index (κ2) is 7.47. The molecule has 1 atom stereocenters. The predicted molar refractivity (Wildman–Crippen MR) is 91.5 cm³/mol. The van der Waals surface area contributed by atoms with E-state index in [0.29, 0.717) is 12.6 Å². The molecule has 4 heterocycles. The van der Waals surface area contributed by atoms with Gasteiger partial charge in [-0.05, 0) is 37.1 Å². The van der Waals surface area contributed by atoms with Crippen molar-refractivity contribution in [2.45, 2.75) is 44.7 Å². The maximum atomic E-state index is 6.24. The van der Waals surface area contributed by atoms with E-state index in [4.69, 9.17) is 9.47 Å². The highest BCUT2D eigenvalue weighted by atomic mass is 16.5. The summed E-state index contributed by atoms with van der Waals surface area (Å²) in [5.74, 6) is 0. The second-order valence-corrected chi connectivity index (χ2v) is 6.68. The first kappa shape index (κ1) is 15.8. The smallest absolute Gasteiger partial charge is 0.0893 e. The van der Waals surface area contributed by atoms with Crippen LogP contribution in [0.25, 0.3) is 0 Å². The SMILES string of the molecule is c1ccc(CO[C@H]2CN(C3CCOCC3)Cc3cccn3C2)nc1. The molecule has 0 aliphatic carbocycles. The van der Waals surface area contributed by atoms with Gasteiger partial charge in [-0.15, -0.1) is 0 Å². The average molecular weight is 327 g/mol. The fraction of sp³-hybridized carbons (Fsp3) is 0.526. The lowest BCUT2D eigenvalue weighted by molar-refractivity contribution is -0.0200. The lowest BCUT2D eigenvalue weighted by Gasteiger charge is -2.34. The van der Waals surface area contributed by atoms with Crippen molar-refractivity contribution in [3.8, 4) is 0 Å². The van der Waals surface area contributed by atoms with Gasteiger partial charge >= 0.3 is 0 Å². The van der Waals surface area contributed by atoms with Gasteiger partial charge in [0.1, 0.15) is 0 Å². The summed E-state index contributed by atoms with van der Waals surface area (Å²) in [6.07, 6.45) is 6.41.